The van der Waals surface area contributed by atoms with Gasteiger partial charge in [0.25, 0.3) is 0 Å². The monoisotopic (exact) mass is 346 g/mol. The SMILES string of the molecule is CC[C@@H](O[Si](C)(C)C(C)(C)C)[C@@H](C=O)O[Si](C)(C)C(C)(C)C. The average Bonchev–Trinajstić information content (AvgIpc) is 2.30. The van der Waals surface area contributed by atoms with E-state index in [2.05, 4.69) is 74.7 Å². The van der Waals surface area contributed by atoms with Crippen molar-refractivity contribution in [1.29, 1.82) is 0 Å². The number of carbonyl (C=O) groups excluding carboxylic acids is 1. The summed E-state index contributed by atoms with van der Waals surface area (Å²) in [7, 11) is -3.90. The van der Waals surface area contributed by atoms with Crippen molar-refractivity contribution in [1.82, 2.24) is 0 Å². The third-order valence-corrected chi connectivity index (χ3v) is 14.4. The molecule has 132 valence electrons. The van der Waals surface area contributed by atoms with E-state index in [0.29, 0.717) is 0 Å². The van der Waals surface area contributed by atoms with Gasteiger partial charge in [0.2, 0.25) is 0 Å². The average molecular weight is 347 g/mol. The van der Waals surface area contributed by atoms with Crippen LogP contribution in [0.2, 0.25) is 36.3 Å². The summed E-state index contributed by atoms with van der Waals surface area (Å²) in [6, 6.07) is 0. The highest BCUT2D eigenvalue weighted by atomic mass is 28.4. The molecule has 0 N–H and O–H groups in total. The van der Waals surface area contributed by atoms with Gasteiger partial charge in [-0.1, -0.05) is 48.5 Å². The van der Waals surface area contributed by atoms with Gasteiger partial charge in [0.05, 0.1) is 6.10 Å². The number of rotatable bonds is 7. The topological polar surface area (TPSA) is 35.5 Å². The number of hydrogen-bond donors (Lipinski definition) is 0. The number of carbonyl (C=O) groups is 1. The summed E-state index contributed by atoms with van der Waals surface area (Å²) in [4.78, 5) is 11.7. The lowest BCUT2D eigenvalue weighted by Crippen LogP contribution is -2.52. The Labute approximate surface area is 140 Å². The molecule has 0 rings (SSSR count). The van der Waals surface area contributed by atoms with Crippen molar-refractivity contribution in [3.8, 4) is 0 Å². The molecule has 0 saturated heterocycles. The van der Waals surface area contributed by atoms with E-state index in [0.717, 1.165) is 12.7 Å². The summed E-state index contributed by atoms with van der Waals surface area (Å²) in [5.41, 5.74) is 0. The molecule has 0 fully saturated rings. The molecule has 5 heteroatoms. The zero-order valence-electron chi connectivity index (χ0n) is 16.7. The third-order valence-electron chi connectivity index (χ3n) is 5.39. The Bertz CT molecular complexity index is 365. The van der Waals surface area contributed by atoms with Gasteiger partial charge in [-0.2, -0.15) is 0 Å². The van der Waals surface area contributed by atoms with Crippen LogP contribution in [0.1, 0.15) is 54.9 Å². The van der Waals surface area contributed by atoms with E-state index in [-0.39, 0.29) is 16.2 Å². The molecule has 0 radical (unpaired) electrons. The summed E-state index contributed by atoms with van der Waals surface area (Å²) in [6.07, 6.45) is 1.14. The van der Waals surface area contributed by atoms with Crippen molar-refractivity contribution in [2.75, 3.05) is 0 Å². The van der Waals surface area contributed by atoms with Crippen LogP contribution in [-0.4, -0.2) is 35.1 Å². The van der Waals surface area contributed by atoms with Gasteiger partial charge in [-0.3, -0.25) is 0 Å². The van der Waals surface area contributed by atoms with Crippen molar-refractivity contribution in [3.63, 3.8) is 0 Å². The van der Waals surface area contributed by atoms with Crippen LogP contribution in [0, 0.1) is 0 Å². The molecule has 0 bridgehead atoms. The van der Waals surface area contributed by atoms with Gasteiger partial charge < -0.3 is 13.6 Å². The minimum atomic E-state index is -1.99. The van der Waals surface area contributed by atoms with Gasteiger partial charge in [-0.05, 0) is 42.7 Å². The summed E-state index contributed by atoms with van der Waals surface area (Å²) in [6.45, 7) is 24.1. The first-order valence-corrected chi connectivity index (χ1v) is 14.2. The van der Waals surface area contributed by atoms with Gasteiger partial charge in [0.1, 0.15) is 12.4 Å². The van der Waals surface area contributed by atoms with Gasteiger partial charge in [-0.25, -0.2) is 0 Å². The molecule has 2 atom stereocenters. The Balaban J connectivity index is 5.24. The zero-order chi connectivity index (χ0) is 18.0. The molecule has 0 heterocycles. The highest BCUT2D eigenvalue weighted by Gasteiger charge is 2.44. The quantitative estimate of drug-likeness (QED) is 0.459. The molecular formula is C17H38O3Si2. The van der Waals surface area contributed by atoms with Crippen molar-refractivity contribution >= 4 is 22.9 Å². The van der Waals surface area contributed by atoms with Gasteiger partial charge >= 0.3 is 0 Å². The van der Waals surface area contributed by atoms with Crippen molar-refractivity contribution in [2.24, 2.45) is 0 Å². The van der Waals surface area contributed by atoms with E-state index in [1.807, 2.05) is 0 Å². The lowest BCUT2D eigenvalue weighted by atomic mass is 10.2. The number of aldehydes is 1. The van der Waals surface area contributed by atoms with E-state index in [9.17, 15) is 4.79 Å². The summed E-state index contributed by atoms with van der Waals surface area (Å²) in [5.74, 6) is 0. The fourth-order valence-corrected chi connectivity index (χ4v) is 4.30. The van der Waals surface area contributed by atoms with Crippen molar-refractivity contribution in [2.45, 2.75) is 103 Å². The fourth-order valence-electron chi connectivity index (χ4n) is 1.65. The Kier molecular flexibility index (Phi) is 7.29. The van der Waals surface area contributed by atoms with Crippen LogP contribution in [0.3, 0.4) is 0 Å². The molecule has 0 aromatic carbocycles. The molecule has 0 aliphatic heterocycles. The second-order valence-electron chi connectivity index (χ2n) is 9.30. The maximum absolute atomic E-state index is 11.7. The van der Waals surface area contributed by atoms with Crippen molar-refractivity contribution < 1.29 is 13.6 Å². The first-order valence-electron chi connectivity index (χ1n) is 8.40. The third kappa shape index (κ3) is 5.58. The number of hydrogen-bond acceptors (Lipinski definition) is 3. The highest BCUT2D eigenvalue weighted by Crippen LogP contribution is 2.40. The first-order chi connectivity index (χ1) is 9.59. The Hall–Kier alpha value is 0.0238. The van der Waals surface area contributed by atoms with Gasteiger partial charge in [-0.15, -0.1) is 0 Å². The Morgan fingerprint density at radius 2 is 1.23 bits per heavy atom. The lowest BCUT2D eigenvalue weighted by Gasteiger charge is -2.43. The second-order valence-corrected chi connectivity index (χ2v) is 18.8. The summed E-state index contributed by atoms with van der Waals surface area (Å²) >= 11 is 0. The Morgan fingerprint density at radius 1 is 0.864 bits per heavy atom. The molecule has 0 unspecified atom stereocenters. The molecule has 22 heavy (non-hydrogen) atoms. The highest BCUT2D eigenvalue weighted by molar-refractivity contribution is 6.74. The normalized spacial score (nSPS) is 17.2. The van der Waals surface area contributed by atoms with Crippen LogP contribution in [-0.2, 0) is 13.6 Å². The first kappa shape index (κ1) is 22.0. The van der Waals surface area contributed by atoms with E-state index in [1.54, 1.807) is 0 Å². The minimum absolute atomic E-state index is 0.0868. The molecule has 3 nitrogen and oxygen atoms in total. The molecular weight excluding hydrogens is 308 g/mol. The van der Waals surface area contributed by atoms with Crippen LogP contribution >= 0.6 is 0 Å². The standard InChI is InChI=1S/C17H38O3Si2/c1-12-14(19-21(8,9)16(2,3)4)15(13-18)20-22(10,11)17(5,6)7/h13-15H,12H2,1-11H3/t14-,15-/m1/s1. The molecule has 0 aliphatic rings. The van der Waals surface area contributed by atoms with Crippen LogP contribution in [0.25, 0.3) is 0 Å². The molecule has 0 saturated carbocycles. The van der Waals surface area contributed by atoms with E-state index in [4.69, 9.17) is 8.85 Å². The van der Waals surface area contributed by atoms with Crippen LogP contribution in [0.4, 0.5) is 0 Å². The van der Waals surface area contributed by atoms with Crippen LogP contribution in [0.5, 0.6) is 0 Å². The predicted octanol–water partition coefficient (Wildman–Crippen LogP) is 5.38. The molecule has 0 amide bonds. The van der Waals surface area contributed by atoms with E-state index >= 15 is 0 Å². The molecule has 0 aromatic heterocycles. The van der Waals surface area contributed by atoms with Gasteiger partial charge in [0.15, 0.2) is 16.6 Å². The predicted molar refractivity (Wildman–Crippen MR) is 100 cm³/mol. The Morgan fingerprint density at radius 3 is 1.50 bits per heavy atom. The zero-order valence-corrected chi connectivity index (χ0v) is 18.7. The molecule has 0 aromatic rings. The minimum Gasteiger partial charge on any atom is -0.411 e. The maximum atomic E-state index is 11.7. The maximum Gasteiger partial charge on any atom is 0.193 e. The second kappa shape index (κ2) is 7.28. The summed E-state index contributed by atoms with van der Waals surface area (Å²) in [5, 5.41) is 0.217. The summed E-state index contributed by atoms with van der Waals surface area (Å²) < 4.78 is 12.8. The lowest BCUT2D eigenvalue weighted by molar-refractivity contribution is -0.118. The van der Waals surface area contributed by atoms with Crippen LogP contribution < -0.4 is 0 Å². The van der Waals surface area contributed by atoms with Crippen molar-refractivity contribution in [3.05, 3.63) is 0 Å². The van der Waals surface area contributed by atoms with Crippen LogP contribution in [0.15, 0.2) is 0 Å². The molecule has 0 aliphatic carbocycles. The van der Waals surface area contributed by atoms with E-state index < -0.39 is 22.7 Å². The largest absolute Gasteiger partial charge is 0.411 e. The smallest absolute Gasteiger partial charge is 0.193 e. The van der Waals surface area contributed by atoms with Gasteiger partial charge in [0, 0.05) is 0 Å². The fraction of sp³-hybridized carbons (Fsp3) is 0.941. The van der Waals surface area contributed by atoms with E-state index in [1.165, 1.54) is 0 Å². The molecule has 0 spiro atoms.